The Morgan fingerprint density at radius 2 is 1.64 bits per heavy atom. The first kappa shape index (κ1) is 29.7. The van der Waals surface area contributed by atoms with Gasteiger partial charge in [-0.3, -0.25) is 4.79 Å². The molecule has 0 aromatic heterocycles. The maximum atomic E-state index is 10.9. The zero-order valence-corrected chi connectivity index (χ0v) is 22.5. The molecule has 190 valence electrons. The van der Waals surface area contributed by atoms with Crippen molar-refractivity contribution in [3.05, 3.63) is 35.5 Å². The van der Waals surface area contributed by atoms with Gasteiger partial charge in [-0.1, -0.05) is 84.1 Å². The average Bonchev–Trinajstić information content (AvgIpc) is 2.74. The van der Waals surface area contributed by atoms with Gasteiger partial charge in [0.1, 0.15) is 0 Å². The molecule has 0 amide bonds. The highest BCUT2D eigenvalue weighted by atomic mass is 16.4. The van der Waals surface area contributed by atoms with Crippen molar-refractivity contribution in [3.8, 4) is 0 Å². The van der Waals surface area contributed by atoms with Crippen LogP contribution in [0.2, 0.25) is 0 Å². The van der Waals surface area contributed by atoms with Crippen LogP contribution in [0.1, 0.15) is 119 Å². The second-order valence-corrected chi connectivity index (χ2v) is 11.4. The van der Waals surface area contributed by atoms with Crippen molar-refractivity contribution in [2.45, 2.75) is 124 Å². The Balaban J connectivity index is 2.20. The van der Waals surface area contributed by atoms with Crippen LogP contribution in [0.15, 0.2) is 35.5 Å². The second kappa shape index (κ2) is 14.8. The number of aliphatic carboxylic acids is 1. The number of carboxylic acid groups (broad SMARTS) is 1. The lowest BCUT2D eigenvalue weighted by atomic mass is 9.82. The van der Waals surface area contributed by atoms with Crippen LogP contribution in [-0.4, -0.2) is 21.8 Å². The topological polar surface area (TPSA) is 57.5 Å². The highest BCUT2D eigenvalue weighted by Crippen LogP contribution is 2.34. The molecule has 3 heteroatoms. The molecule has 0 radical (unpaired) electrons. The fraction of sp³-hybridized carbons (Fsp3) is 0.767. The monoisotopic (exact) mass is 460 g/mol. The van der Waals surface area contributed by atoms with Crippen LogP contribution in [0, 0.1) is 23.7 Å². The van der Waals surface area contributed by atoms with Crippen molar-refractivity contribution < 1.29 is 15.0 Å². The molecule has 0 fully saturated rings. The lowest BCUT2D eigenvalue weighted by molar-refractivity contribution is -0.141. The molecule has 0 aliphatic heterocycles. The third kappa shape index (κ3) is 11.6. The highest BCUT2D eigenvalue weighted by molar-refractivity contribution is 5.69. The first-order valence-electron chi connectivity index (χ1n) is 13.4. The molecule has 0 spiro atoms. The maximum Gasteiger partial charge on any atom is 0.306 e. The summed E-state index contributed by atoms with van der Waals surface area (Å²) >= 11 is 0. The van der Waals surface area contributed by atoms with Crippen LogP contribution >= 0.6 is 0 Å². The van der Waals surface area contributed by atoms with Gasteiger partial charge in [0.05, 0.1) is 11.5 Å². The van der Waals surface area contributed by atoms with E-state index in [1.807, 2.05) is 6.92 Å². The Morgan fingerprint density at radius 1 is 1.09 bits per heavy atom. The Bertz CT molecular complexity index is 670. The molecule has 1 aliphatic rings. The van der Waals surface area contributed by atoms with Crippen molar-refractivity contribution in [2.24, 2.45) is 23.7 Å². The van der Waals surface area contributed by atoms with E-state index in [-0.39, 0.29) is 5.92 Å². The van der Waals surface area contributed by atoms with E-state index in [0.29, 0.717) is 24.7 Å². The number of carbonyl (C=O) groups is 1. The lowest BCUT2D eigenvalue weighted by Crippen LogP contribution is -2.24. The maximum absolute atomic E-state index is 10.9. The Kier molecular flexibility index (Phi) is 13.3. The largest absolute Gasteiger partial charge is 0.481 e. The smallest absolute Gasteiger partial charge is 0.306 e. The lowest BCUT2D eigenvalue weighted by Gasteiger charge is -2.24. The first-order chi connectivity index (χ1) is 15.5. The van der Waals surface area contributed by atoms with E-state index in [0.717, 1.165) is 31.6 Å². The van der Waals surface area contributed by atoms with E-state index in [2.05, 4.69) is 46.4 Å². The minimum absolute atomic E-state index is 0.323. The van der Waals surface area contributed by atoms with Crippen LogP contribution in [-0.2, 0) is 4.79 Å². The summed E-state index contributed by atoms with van der Waals surface area (Å²) in [6.07, 6.45) is 17.0. The summed E-state index contributed by atoms with van der Waals surface area (Å²) in [5.74, 6) is 1.02. The van der Waals surface area contributed by atoms with E-state index in [9.17, 15) is 9.90 Å². The summed E-state index contributed by atoms with van der Waals surface area (Å²) < 4.78 is 0. The van der Waals surface area contributed by atoms with E-state index < -0.39 is 11.6 Å². The molecular weight excluding hydrogens is 408 g/mol. The van der Waals surface area contributed by atoms with Crippen LogP contribution in [0.4, 0.5) is 0 Å². The standard InChI is InChI=1S/C30H52O3/c1-8-28-26(6)24(4)17-19-27(28)18-16-23(3)13-9-12-22(2)14-10-20-30(7,33)21-11-15-25(5)29(31)32/h8,19,22-25,33H,1,9-18,20-21H2,2-7H3,(H,31,32). The van der Waals surface area contributed by atoms with E-state index >= 15 is 0 Å². The molecule has 0 heterocycles. The predicted molar refractivity (Wildman–Crippen MR) is 141 cm³/mol. The summed E-state index contributed by atoms with van der Waals surface area (Å²) in [4.78, 5) is 10.9. The van der Waals surface area contributed by atoms with Gasteiger partial charge in [0.25, 0.3) is 0 Å². The zero-order valence-electron chi connectivity index (χ0n) is 22.5. The fourth-order valence-electron chi connectivity index (χ4n) is 5.03. The molecule has 0 aromatic carbocycles. The van der Waals surface area contributed by atoms with Crippen LogP contribution in [0.25, 0.3) is 0 Å². The van der Waals surface area contributed by atoms with Gasteiger partial charge in [-0.2, -0.15) is 0 Å². The van der Waals surface area contributed by atoms with Crippen molar-refractivity contribution >= 4 is 5.97 Å². The SMILES string of the molecule is C=CC1=C(C)C(C)CC=C1CCC(C)CCCC(C)CCCC(C)(O)CCCC(C)C(=O)O. The second-order valence-electron chi connectivity index (χ2n) is 11.4. The minimum Gasteiger partial charge on any atom is -0.481 e. The van der Waals surface area contributed by atoms with E-state index in [4.69, 9.17) is 5.11 Å². The van der Waals surface area contributed by atoms with Crippen molar-refractivity contribution in [1.82, 2.24) is 0 Å². The van der Waals surface area contributed by atoms with Gasteiger partial charge < -0.3 is 10.2 Å². The number of rotatable bonds is 17. The third-order valence-corrected chi connectivity index (χ3v) is 7.92. The molecule has 1 aliphatic carbocycles. The van der Waals surface area contributed by atoms with Gasteiger partial charge in [0.15, 0.2) is 0 Å². The Labute approximate surface area is 204 Å². The number of hydrogen-bond donors (Lipinski definition) is 2. The molecule has 0 aromatic rings. The summed E-state index contributed by atoms with van der Waals surface area (Å²) in [6, 6.07) is 0. The quantitative estimate of drug-likeness (QED) is 0.229. The number of allylic oxidation sites excluding steroid dienone is 5. The number of carboxylic acids is 1. The van der Waals surface area contributed by atoms with Crippen molar-refractivity contribution in [2.75, 3.05) is 0 Å². The predicted octanol–water partition coefficient (Wildman–Crippen LogP) is 8.49. The molecule has 0 saturated heterocycles. The number of aliphatic hydroxyl groups is 1. The van der Waals surface area contributed by atoms with Gasteiger partial charge in [-0.05, 0) is 87.7 Å². The average molecular weight is 461 g/mol. The van der Waals surface area contributed by atoms with Crippen LogP contribution in [0.3, 0.4) is 0 Å². The highest BCUT2D eigenvalue weighted by Gasteiger charge is 2.21. The van der Waals surface area contributed by atoms with Gasteiger partial charge in [0.2, 0.25) is 0 Å². The molecule has 33 heavy (non-hydrogen) atoms. The van der Waals surface area contributed by atoms with Crippen molar-refractivity contribution in [3.63, 3.8) is 0 Å². The minimum atomic E-state index is -0.744. The Morgan fingerprint density at radius 3 is 2.21 bits per heavy atom. The van der Waals surface area contributed by atoms with Gasteiger partial charge in [0, 0.05) is 0 Å². The summed E-state index contributed by atoms with van der Waals surface area (Å²) in [7, 11) is 0. The number of hydrogen-bond acceptors (Lipinski definition) is 2. The molecule has 5 atom stereocenters. The molecular formula is C30H52O3. The van der Waals surface area contributed by atoms with Gasteiger partial charge in [-0.25, -0.2) is 0 Å². The van der Waals surface area contributed by atoms with E-state index in [1.165, 1.54) is 55.2 Å². The van der Waals surface area contributed by atoms with Crippen LogP contribution < -0.4 is 0 Å². The molecule has 0 bridgehead atoms. The van der Waals surface area contributed by atoms with Crippen LogP contribution in [0.5, 0.6) is 0 Å². The van der Waals surface area contributed by atoms with Gasteiger partial charge >= 0.3 is 5.97 Å². The van der Waals surface area contributed by atoms with Crippen molar-refractivity contribution in [1.29, 1.82) is 0 Å². The molecule has 3 nitrogen and oxygen atoms in total. The van der Waals surface area contributed by atoms with Gasteiger partial charge in [-0.15, -0.1) is 0 Å². The summed E-state index contributed by atoms with van der Waals surface area (Å²) in [6.45, 7) is 17.0. The summed E-state index contributed by atoms with van der Waals surface area (Å²) in [5.41, 5.74) is 3.72. The zero-order chi connectivity index (χ0) is 25.0. The summed E-state index contributed by atoms with van der Waals surface area (Å²) in [5, 5.41) is 19.6. The Hall–Kier alpha value is -1.35. The normalized spacial score (nSPS) is 21.2. The third-order valence-electron chi connectivity index (χ3n) is 7.92. The fourth-order valence-corrected chi connectivity index (χ4v) is 5.03. The molecule has 0 saturated carbocycles. The van der Waals surface area contributed by atoms with E-state index in [1.54, 1.807) is 6.92 Å². The molecule has 5 unspecified atom stereocenters. The molecule has 2 N–H and O–H groups in total. The first-order valence-corrected chi connectivity index (χ1v) is 13.4. The molecule has 1 rings (SSSR count).